The molecule has 31 heavy (non-hydrogen) atoms. The molecule has 2 amide bonds. The molecule has 0 spiro atoms. The molecule has 0 saturated carbocycles. The Morgan fingerprint density at radius 3 is 2.97 bits per heavy atom. The van der Waals surface area contributed by atoms with Crippen molar-refractivity contribution in [3.05, 3.63) is 66.4 Å². The third kappa shape index (κ3) is 6.34. The Labute approximate surface area is 180 Å². The van der Waals surface area contributed by atoms with Crippen molar-refractivity contribution in [2.24, 2.45) is 0 Å². The maximum Gasteiger partial charge on any atom is 0.319 e. The first kappa shape index (κ1) is 21.0. The largest absolute Gasteiger partial charge is 0.376 e. The number of carbonyl (C=O) groups excluding carboxylic acids is 1. The van der Waals surface area contributed by atoms with Gasteiger partial charge >= 0.3 is 6.03 Å². The Bertz CT molecular complexity index is 956. The van der Waals surface area contributed by atoms with Crippen LogP contribution in [0.5, 0.6) is 0 Å². The normalized spacial score (nSPS) is 16.1. The molecule has 0 aliphatic carbocycles. The molecule has 1 fully saturated rings. The molecule has 4 rings (SSSR count). The molecule has 1 atom stereocenters. The smallest absolute Gasteiger partial charge is 0.319 e. The highest BCUT2D eigenvalue weighted by Crippen LogP contribution is 2.15. The van der Waals surface area contributed by atoms with Gasteiger partial charge in [0.1, 0.15) is 12.7 Å². The van der Waals surface area contributed by atoms with Crippen molar-refractivity contribution in [2.45, 2.75) is 38.5 Å². The van der Waals surface area contributed by atoms with Gasteiger partial charge in [-0.15, -0.1) is 0 Å². The van der Waals surface area contributed by atoms with Gasteiger partial charge in [0.05, 0.1) is 19.3 Å². The van der Waals surface area contributed by atoms with Crippen molar-refractivity contribution in [3.63, 3.8) is 0 Å². The number of carbonyl (C=O) groups is 1. The zero-order valence-corrected chi connectivity index (χ0v) is 17.2. The number of aromatic nitrogens is 4. The number of urea groups is 1. The molecule has 1 aliphatic rings. The van der Waals surface area contributed by atoms with Crippen molar-refractivity contribution >= 4 is 11.7 Å². The number of rotatable bonds is 8. The van der Waals surface area contributed by atoms with Gasteiger partial charge in [-0.3, -0.25) is 0 Å². The minimum Gasteiger partial charge on any atom is -0.376 e. The Kier molecular flexibility index (Phi) is 7.20. The average molecular weight is 422 g/mol. The lowest BCUT2D eigenvalue weighted by Gasteiger charge is -2.22. The van der Waals surface area contributed by atoms with Crippen LogP contribution in [0.4, 0.5) is 10.5 Å². The summed E-state index contributed by atoms with van der Waals surface area (Å²) >= 11 is 0. The summed E-state index contributed by atoms with van der Waals surface area (Å²) in [6.45, 7) is 2.27. The topological polar surface area (TPSA) is 103 Å². The average Bonchev–Trinajstić information content (AvgIpc) is 3.34. The first-order chi connectivity index (χ1) is 15.3. The van der Waals surface area contributed by atoms with Gasteiger partial charge in [-0.1, -0.05) is 18.2 Å². The fraction of sp³-hybridized carbons (Fsp3) is 0.364. The van der Waals surface area contributed by atoms with E-state index in [4.69, 9.17) is 9.47 Å². The van der Waals surface area contributed by atoms with Gasteiger partial charge in [0, 0.05) is 25.0 Å². The van der Waals surface area contributed by atoms with Crippen molar-refractivity contribution in [1.29, 1.82) is 0 Å². The predicted octanol–water partition coefficient (Wildman–Crippen LogP) is 3.07. The van der Waals surface area contributed by atoms with E-state index in [0.717, 1.165) is 30.6 Å². The molecule has 0 radical (unpaired) electrons. The van der Waals surface area contributed by atoms with Crippen LogP contribution in [0.1, 0.15) is 30.4 Å². The second-order valence-corrected chi connectivity index (χ2v) is 7.38. The molecule has 2 N–H and O–H groups in total. The van der Waals surface area contributed by atoms with Gasteiger partial charge in [-0.05, 0) is 48.6 Å². The molecule has 2 aromatic heterocycles. The van der Waals surface area contributed by atoms with Gasteiger partial charge in [0.25, 0.3) is 0 Å². The highest BCUT2D eigenvalue weighted by molar-refractivity contribution is 5.89. The number of amides is 2. The quantitative estimate of drug-likeness (QED) is 0.578. The summed E-state index contributed by atoms with van der Waals surface area (Å²) in [5.74, 6) is 0.666. The fourth-order valence-electron chi connectivity index (χ4n) is 3.33. The molecule has 9 heteroatoms. The Morgan fingerprint density at radius 1 is 1.23 bits per heavy atom. The van der Waals surface area contributed by atoms with Crippen LogP contribution in [0.3, 0.4) is 0 Å². The van der Waals surface area contributed by atoms with Gasteiger partial charge in [-0.2, -0.15) is 5.10 Å². The van der Waals surface area contributed by atoms with Crippen LogP contribution < -0.4 is 10.6 Å². The maximum atomic E-state index is 12.3. The minimum absolute atomic E-state index is 0.195. The Balaban J connectivity index is 1.21. The highest BCUT2D eigenvalue weighted by Gasteiger charge is 2.13. The number of pyridine rings is 1. The summed E-state index contributed by atoms with van der Waals surface area (Å²) in [4.78, 5) is 20.5. The molecule has 3 aromatic rings. The lowest BCUT2D eigenvalue weighted by atomic mass is 10.1. The number of nitrogens with one attached hydrogen (secondary N) is 2. The number of anilines is 1. The number of hydrogen-bond donors (Lipinski definition) is 2. The zero-order chi connectivity index (χ0) is 21.3. The van der Waals surface area contributed by atoms with Crippen molar-refractivity contribution in [3.8, 4) is 5.82 Å². The molecular formula is C22H26N6O3. The molecular weight excluding hydrogens is 396 g/mol. The van der Waals surface area contributed by atoms with E-state index in [1.54, 1.807) is 17.2 Å². The van der Waals surface area contributed by atoms with E-state index in [-0.39, 0.29) is 12.1 Å². The Hall–Kier alpha value is -3.30. The first-order valence-corrected chi connectivity index (χ1v) is 10.4. The standard InChI is InChI=1S/C22H26N6O3/c29-22(25-12-18-7-8-21(24-11-18)28-16-23-15-26-28)27-19-5-3-4-17(10-19)13-30-14-20-6-1-2-9-31-20/h3-5,7-8,10-11,15-16,20H,1-2,6,9,12-14H2,(H2,25,27,29)/t20-/m0/s1. The summed E-state index contributed by atoms with van der Waals surface area (Å²) in [5, 5.41) is 9.72. The summed E-state index contributed by atoms with van der Waals surface area (Å²) in [5.41, 5.74) is 2.60. The Morgan fingerprint density at radius 2 is 2.19 bits per heavy atom. The van der Waals surface area contributed by atoms with Crippen LogP contribution in [0.2, 0.25) is 0 Å². The van der Waals surface area contributed by atoms with Gasteiger partial charge in [0.15, 0.2) is 5.82 Å². The first-order valence-electron chi connectivity index (χ1n) is 10.4. The third-order valence-corrected chi connectivity index (χ3v) is 4.95. The summed E-state index contributed by atoms with van der Waals surface area (Å²) < 4.78 is 13.0. The van der Waals surface area contributed by atoms with E-state index >= 15 is 0 Å². The second kappa shape index (κ2) is 10.6. The van der Waals surface area contributed by atoms with Crippen LogP contribution in [0.25, 0.3) is 5.82 Å². The van der Waals surface area contributed by atoms with E-state index in [1.807, 2.05) is 36.4 Å². The number of hydrogen-bond acceptors (Lipinski definition) is 6. The minimum atomic E-state index is -0.283. The van der Waals surface area contributed by atoms with Gasteiger partial charge in [-0.25, -0.2) is 19.4 Å². The van der Waals surface area contributed by atoms with Crippen molar-refractivity contribution in [1.82, 2.24) is 25.1 Å². The van der Waals surface area contributed by atoms with Crippen LogP contribution in [0, 0.1) is 0 Å². The number of nitrogens with zero attached hydrogens (tertiary/aromatic N) is 4. The van der Waals surface area contributed by atoms with E-state index < -0.39 is 0 Å². The van der Waals surface area contributed by atoms with Crippen molar-refractivity contribution in [2.75, 3.05) is 18.5 Å². The van der Waals surface area contributed by atoms with Crippen LogP contribution in [-0.4, -0.2) is 45.1 Å². The third-order valence-electron chi connectivity index (χ3n) is 4.95. The summed E-state index contributed by atoms with van der Waals surface area (Å²) in [6.07, 6.45) is 8.32. The zero-order valence-electron chi connectivity index (χ0n) is 17.2. The lowest BCUT2D eigenvalue weighted by molar-refractivity contribution is -0.0447. The number of benzene rings is 1. The van der Waals surface area contributed by atoms with Crippen LogP contribution in [-0.2, 0) is 22.6 Å². The molecule has 162 valence electrons. The monoisotopic (exact) mass is 422 g/mol. The molecule has 0 bridgehead atoms. The van der Waals surface area contributed by atoms with Crippen LogP contribution >= 0.6 is 0 Å². The van der Waals surface area contributed by atoms with E-state index in [9.17, 15) is 4.79 Å². The highest BCUT2D eigenvalue weighted by atomic mass is 16.5. The predicted molar refractivity (Wildman–Crippen MR) is 115 cm³/mol. The lowest BCUT2D eigenvalue weighted by Crippen LogP contribution is -2.28. The molecule has 1 saturated heterocycles. The SMILES string of the molecule is O=C(NCc1ccc(-n2cncn2)nc1)Nc1cccc(COC[C@@H]2CCCCO2)c1. The maximum absolute atomic E-state index is 12.3. The molecule has 1 aliphatic heterocycles. The molecule has 9 nitrogen and oxygen atoms in total. The fourth-order valence-corrected chi connectivity index (χ4v) is 3.33. The summed E-state index contributed by atoms with van der Waals surface area (Å²) in [6, 6.07) is 11.1. The van der Waals surface area contributed by atoms with E-state index in [2.05, 4.69) is 25.7 Å². The number of ether oxygens (including phenoxy) is 2. The second-order valence-electron chi connectivity index (χ2n) is 7.38. The molecule has 1 aromatic carbocycles. The summed E-state index contributed by atoms with van der Waals surface area (Å²) in [7, 11) is 0. The van der Waals surface area contributed by atoms with Crippen LogP contribution in [0.15, 0.2) is 55.2 Å². The van der Waals surface area contributed by atoms with Gasteiger partial charge < -0.3 is 20.1 Å². The molecule has 3 heterocycles. The molecule has 0 unspecified atom stereocenters. The van der Waals surface area contributed by atoms with E-state index in [0.29, 0.717) is 31.3 Å². The van der Waals surface area contributed by atoms with Gasteiger partial charge in [0.2, 0.25) is 0 Å². The van der Waals surface area contributed by atoms with E-state index in [1.165, 1.54) is 12.7 Å². The van der Waals surface area contributed by atoms with Crippen molar-refractivity contribution < 1.29 is 14.3 Å².